The minimum absolute atomic E-state index is 0.0615. The average Bonchev–Trinajstić information content (AvgIpc) is 2.84. The molecule has 1 aliphatic heterocycles. The topological polar surface area (TPSA) is 32.3 Å². The van der Waals surface area contributed by atoms with Crippen LogP contribution >= 0.6 is 0 Å². The van der Waals surface area contributed by atoms with Gasteiger partial charge in [0.05, 0.1) is 0 Å². The highest BCUT2D eigenvalue weighted by Crippen LogP contribution is 2.31. The van der Waals surface area contributed by atoms with Crippen LogP contribution in [0.3, 0.4) is 0 Å². The van der Waals surface area contributed by atoms with Crippen LogP contribution in [0, 0.1) is 0 Å². The number of carbonyl (C=O) groups excluding carboxylic acids is 1. The van der Waals surface area contributed by atoms with Gasteiger partial charge in [-0.05, 0) is 23.1 Å². The molecule has 1 heterocycles. The molecule has 0 aliphatic carbocycles. The number of rotatable bonds is 3. The zero-order chi connectivity index (χ0) is 14.8. The van der Waals surface area contributed by atoms with E-state index in [1.807, 2.05) is 37.4 Å². The molecular formula is C18H20N2O. The van der Waals surface area contributed by atoms with Gasteiger partial charge in [-0.1, -0.05) is 61.5 Å². The summed E-state index contributed by atoms with van der Waals surface area (Å²) in [5.41, 5.74) is 3.45. The van der Waals surface area contributed by atoms with Gasteiger partial charge in [0.2, 0.25) is 5.91 Å². The first kappa shape index (κ1) is 13.8. The molecule has 2 atom stereocenters. The van der Waals surface area contributed by atoms with Crippen molar-refractivity contribution in [1.29, 1.82) is 0 Å². The van der Waals surface area contributed by atoms with Crippen molar-refractivity contribution in [2.45, 2.75) is 25.6 Å². The number of hydrogen-bond acceptors (Lipinski definition) is 2. The highest BCUT2D eigenvalue weighted by atomic mass is 16.2. The van der Waals surface area contributed by atoms with E-state index in [4.69, 9.17) is 0 Å². The molecule has 2 aromatic rings. The van der Waals surface area contributed by atoms with Gasteiger partial charge in [-0.2, -0.15) is 0 Å². The third kappa shape index (κ3) is 2.57. The number of aryl methyl sites for hydroxylation is 1. The molecule has 0 aromatic heterocycles. The molecule has 0 radical (unpaired) electrons. The highest BCUT2D eigenvalue weighted by Gasteiger charge is 2.37. The molecule has 108 valence electrons. The fourth-order valence-corrected chi connectivity index (χ4v) is 2.81. The summed E-state index contributed by atoms with van der Waals surface area (Å²) < 4.78 is 0. The van der Waals surface area contributed by atoms with Gasteiger partial charge >= 0.3 is 0 Å². The van der Waals surface area contributed by atoms with Gasteiger partial charge < -0.3 is 4.90 Å². The van der Waals surface area contributed by atoms with Crippen LogP contribution in [0.4, 0.5) is 0 Å². The zero-order valence-corrected chi connectivity index (χ0v) is 12.4. The normalized spacial score (nSPS) is 21.8. The fourth-order valence-electron chi connectivity index (χ4n) is 2.81. The molecule has 21 heavy (non-hydrogen) atoms. The molecule has 1 amide bonds. The van der Waals surface area contributed by atoms with Crippen molar-refractivity contribution in [2.24, 2.45) is 0 Å². The summed E-state index contributed by atoms with van der Waals surface area (Å²) >= 11 is 0. The van der Waals surface area contributed by atoms with Crippen molar-refractivity contribution < 1.29 is 4.79 Å². The number of nitrogens with zero attached hydrogens (tertiary/aromatic N) is 1. The van der Waals surface area contributed by atoms with E-state index in [2.05, 4.69) is 36.5 Å². The van der Waals surface area contributed by atoms with Gasteiger partial charge in [-0.15, -0.1) is 0 Å². The Morgan fingerprint density at radius 2 is 1.67 bits per heavy atom. The summed E-state index contributed by atoms with van der Waals surface area (Å²) in [7, 11) is 1.86. The van der Waals surface area contributed by atoms with Crippen molar-refractivity contribution in [3.8, 4) is 0 Å². The predicted molar refractivity (Wildman–Crippen MR) is 83.6 cm³/mol. The lowest BCUT2D eigenvalue weighted by Crippen LogP contribution is -2.25. The molecule has 0 bridgehead atoms. The van der Waals surface area contributed by atoms with Crippen LogP contribution < -0.4 is 5.32 Å². The van der Waals surface area contributed by atoms with Crippen LogP contribution in [-0.2, 0) is 11.2 Å². The van der Waals surface area contributed by atoms with Gasteiger partial charge in [-0.3, -0.25) is 10.1 Å². The highest BCUT2D eigenvalue weighted by molar-refractivity contribution is 5.85. The summed E-state index contributed by atoms with van der Waals surface area (Å²) in [6.45, 7) is 2.14. The lowest BCUT2D eigenvalue weighted by Gasteiger charge is -2.19. The standard InChI is InChI=1S/C18H20N2O/c1-3-13-9-11-15(12-10-13)17-19-16(18(21)20(17)2)14-7-5-4-6-8-14/h4-12,16-17,19H,3H2,1-2H3. The van der Waals surface area contributed by atoms with Crippen molar-refractivity contribution in [3.63, 3.8) is 0 Å². The first-order valence-corrected chi connectivity index (χ1v) is 7.37. The van der Waals surface area contributed by atoms with Gasteiger partial charge in [0.1, 0.15) is 12.2 Å². The SMILES string of the molecule is CCc1ccc(C2NC(c3ccccc3)C(=O)N2C)cc1. The molecule has 3 heteroatoms. The Balaban J connectivity index is 1.86. The van der Waals surface area contributed by atoms with Crippen LogP contribution in [-0.4, -0.2) is 17.9 Å². The minimum Gasteiger partial charge on any atom is -0.324 e. The third-order valence-electron chi connectivity index (χ3n) is 4.14. The number of hydrogen-bond donors (Lipinski definition) is 1. The van der Waals surface area contributed by atoms with Crippen molar-refractivity contribution in [2.75, 3.05) is 7.05 Å². The Kier molecular flexibility index (Phi) is 3.76. The van der Waals surface area contributed by atoms with E-state index in [0.29, 0.717) is 0 Å². The molecule has 3 rings (SSSR count). The van der Waals surface area contributed by atoms with Crippen molar-refractivity contribution in [1.82, 2.24) is 10.2 Å². The number of likely N-dealkylation sites (N-methyl/N-ethyl adjacent to an activating group) is 1. The second kappa shape index (κ2) is 5.70. The summed E-state index contributed by atoms with van der Waals surface area (Å²) in [5.74, 6) is 0.116. The molecule has 0 saturated carbocycles. The molecule has 2 aromatic carbocycles. The van der Waals surface area contributed by atoms with Crippen molar-refractivity contribution in [3.05, 3.63) is 71.3 Å². The Bertz CT molecular complexity index is 621. The lowest BCUT2D eigenvalue weighted by molar-refractivity contribution is -0.128. The van der Waals surface area contributed by atoms with E-state index >= 15 is 0 Å². The first-order chi connectivity index (χ1) is 10.2. The average molecular weight is 280 g/mol. The van der Waals surface area contributed by atoms with E-state index in [1.54, 1.807) is 4.90 Å². The maximum absolute atomic E-state index is 12.5. The second-order valence-electron chi connectivity index (χ2n) is 5.46. The van der Waals surface area contributed by atoms with Crippen LogP contribution in [0.2, 0.25) is 0 Å². The number of benzene rings is 2. The van der Waals surface area contributed by atoms with E-state index in [0.717, 1.165) is 17.5 Å². The summed E-state index contributed by atoms with van der Waals surface area (Å²) in [6, 6.07) is 18.1. The molecule has 2 unspecified atom stereocenters. The Hall–Kier alpha value is -2.13. The lowest BCUT2D eigenvalue weighted by atomic mass is 10.1. The fraction of sp³-hybridized carbons (Fsp3) is 0.278. The Labute approximate surface area is 125 Å². The minimum atomic E-state index is -0.257. The number of carbonyl (C=O) groups is 1. The van der Waals surface area contributed by atoms with Crippen LogP contribution in [0.5, 0.6) is 0 Å². The quantitative estimate of drug-likeness (QED) is 0.937. The summed E-state index contributed by atoms with van der Waals surface area (Å²) in [4.78, 5) is 14.3. The monoisotopic (exact) mass is 280 g/mol. The zero-order valence-electron chi connectivity index (χ0n) is 12.4. The molecule has 1 N–H and O–H groups in total. The van der Waals surface area contributed by atoms with E-state index < -0.39 is 0 Å². The van der Waals surface area contributed by atoms with Gasteiger partial charge in [-0.25, -0.2) is 0 Å². The molecule has 3 nitrogen and oxygen atoms in total. The van der Waals surface area contributed by atoms with Gasteiger partial charge in [0, 0.05) is 7.05 Å². The van der Waals surface area contributed by atoms with E-state index in [-0.39, 0.29) is 18.1 Å². The van der Waals surface area contributed by atoms with E-state index in [1.165, 1.54) is 5.56 Å². The van der Waals surface area contributed by atoms with Gasteiger partial charge in [0.15, 0.2) is 0 Å². The van der Waals surface area contributed by atoms with E-state index in [9.17, 15) is 4.79 Å². The van der Waals surface area contributed by atoms with Crippen LogP contribution in [0.1, 0.15) is 35.8 Å². The smallest absolute Gasteiger partial charge is 0.245 e. The molecule has 1 aliphatic rings. The maximum atomic E-state index is 12.5. The molecule has 1 fully saturated rings. The van der Waals surface area contributed by atoms with Crippen LogP contribution in [0.25, 0.3) is 0 Å². The maximum Gasteiger partial charge on any atom is 0.245 e. The molecular weight excluding hydrogens is 260 g/mol. The van der Waals surface area contributed by atoms with Crippen LogP contribution in [0.15, 0.2) is 54.6 Å². The Morgan fingerprint density at radius 1 is 1.00 bits per heavy atom. The molecule has 1 saturated heterocycles. The van der Waals surface area contributed by atoms with Crippen molar-refractivity contribution >= 4 is 5.91 Å². The number of amides is 1. The van der Waals surface area contributed by atoms with Gasteiger partial charge in [0.25, 0.3) is 0 Å². The largest absolute Gasteiger partial charge is 0.324 e. The third-order valence-corrected chi connectivity index (χ3v) is 4.14. The molecule has 0 spiro atoms. The number of nitrogens with one attached hydrogen (secondary N) is 1. The first-order valence-electron chi connectivity index (χ1n) is 7.37. The second-order valence-corrected chi connectivity index (χ2v) is 5.46. The predicted octanol–water partition coefficient (Wildman–Crippen LogP) is 3.05. The Morgan fingerprint density at radius 3 is 2.29 bits per heavy atom. The summed E-state index contributed by atoms with van der Waals surface area (Å²) in [5, 5.41) is 3.44. The summed E-state index contributed by atoms with van der Waals surface area (Å²) in [6.07, 6.45) is 0.966.